The zero-order chi connectivity index (χ0) is 44.0. The third-order valence-electron chi connectivity index (χ3n) is 12.1. The van der Waals surface area contributed by atoms with Crippen molar-refractivity contribution in [2.24, 2.45) is 11.8 Å². The molecular formula is C44H52F4N12O2. The summed E-state index contributed by atoms with van der Waals surface area (Å²) in [5, 5.41) is 24.9. The molecule has 6 heterocycles. The highest BCUT2D eigenvalue weighted by Gasteiger charge is 2.36. The summed E-state index contributed by atoms with van der Waals surface area (Å²) < 4.78 is 53.3. The van der Waals surface area contributed by atoms with E-state index in [9.17, 15) is 37.7 Å². The summed E-state index contributed by atoms with van der Waals surface area (Å²) in [6.45, 7) is 8.37. The first-order chi connectivity index (χ1) is 29.7. The van der Waals surface area contributed by atoms with Gasteiger partial charge in [0.05, 0.1) is 35.6 Å². The molecule has 2 aromatic carbocycles. The number of nitrogens with one attached hydrogen (secondary N) is 2. The smallest absolute Gasteiger partial charge is 0.250 e. The van der Waals surface area contributed by atoms with Gasteiger partial charge in [0.15, 0.2) is 0 Å². The van der Waals surface area contributed by atoms with Crippen LogP contribution in [-0.2, 0) is 9.59 Å². The van der Waals surface area contributed by atoms with Gasteiger partial charge in [-0.25, -0.2) is 17.6 Å². The van der Waals surface area contributed by atoms with Crippen molar-refractivity contribution in [1.82, 2.24) is 40.4 Å². The van der Waals surface area contributed by atoms with Crippen LogP contribution in [0.1, 0.15) is 63.5 Å². The molecule has 0 saturated carbocycles. The maximum absolute atomic E-state index is 13.3. The summed E-state index contributed by atoms with van der Waals surface area (Å²) in [6.07, 6.45) is 7.30. The number of anilines is 2. The number of aromatic nitrogens is 4. The van der Waals surface area contributed by atoms with Gasteiger partial charge >= 0.3 is 0 Å². The normalized spacial score (nSPS) is 24.0. The summed E-state index contributed by atoms with van der Waals surface area (Å²) in [4.78, 5) is 50.6. The van der Waals surface area contributed by atoms with Gasteiger partial charge in [0.1, 0.15) is 34.2 Å². The number of rotatable bonds is 8. The van der Waals surface area contributed by atoms with E-state index < -0.39 is 11.8 Å². The summed E-state index contributed by atoms with van der Waals surface area (Å²) in [7, 11) is 0. The predicted octanol–water partition coefficient (Wildman–Crippen LogP) is 5.13. The predicted molar refractivity (Wildman–Crippen MR) is 226 cm³/mol. The quantitative estimate of drug-likeness (QED) is 0.225. The number of carbonyl (C=O) groups excluding carboxylic acids is 2. The number of hydrogen-bond donors (Lipinski definition) is 2. The molecular weight excluding hydrogens is 805 g/mol. The first kappa shape index (κ1) is 44.3. The lowest BCUT2D eigenvalue weighted by Crippen LogP contribution is -2.53. The molecule has 8 rings (SSSR count). The molecule has 18 heteroatoms. The Balaban J connectivity index is 0.000000186. The Morgan fingerprint density at radius 3 is 1.32 bits per heavy atom. The van der Waals surface area contributed by atoms with Gasteiger partial charge in [0, 0.05) is 115 Å². The summed E-state index contributed by atoms with van der Waals surface area (Å²) in [6, 6.07) is 11.5. The molecule has 328 valence electrons. The lowest BCUT2D eigenvalue weighted by Gasteiger charge is -2.39. The van der Waals surface area contributed by atoms with Crippen molar-refractivity contribution in [2.75, 3.05) is 75.2 Å². The summed E-state index contributed by atoms with van der Waals surface area (Å²) in [5.74, 6) is -4.80. The van der Waals surface area contributed by atoms with Crippen molar-refractivity contribution in [1.29, 1.82) is 10.5 Å². The molecule has 4 aliphatic rings. The Morgan fingerprint density at radius 2 is 0.968 bits per heavy atom. The van der Waals surface area contributed by atoms with E-state index in [1.807, 2.05) is 12.1 Å². The summed E-state index contributed by atoms with van der Waals surface area (Å²) >= 11 is 0. The van der Waals surface area contributed by atoms with E-state index >= 15 is 0 Å². The molecule has 0 bridgehead atoms. The highest BCUT2D eigenvalue weighted by molar-refractivity contribution is 5.93. The van der Waals surface area contributed by atoms with Crippen LogP contribution in [0, 0.1) is 34.5 Å². The molecule has 62 heavy (non-hydrogen) atoms. The van der Waals surface area contributed by atoms with Crippen molar-refractivity contribution in [2.45, 2.75) is 76.3 Å². The second kappa shape index (κ2) is 19.1. The van der Waals surface area contributed by atoms with Gasteiger partial charge < -0.3 is 20.4 Å². The average Bonchev–Trinajstić information content (AvgIpc) is 3.24. The van der Waals surface area contributed by atoms with Crippen molar-refractivity contribution < 1.29 is 27.2 Å². The zero-order valence-electron chi connectivity index (χ0n) is 35.0. The van der Waals surface area contributed by atoms with E-state index in [4.69, 9.17) is 0 Å². The molecule has 2 N–H and O–H groups in total. The first-order valence-corrected chi connectivity index (χ1v) is 21.3. The number of alkyl halides is 4. The van der Waals surface area contributed by atoms with Gasteiger partial charge in [0.25, 0.3) is 11.8 Å². The molecule has 4 aliphatic heterocycles. The number of hydrogen-bond acceptors (Lipinski definition) is 12. The molecule has 4 fully saturated rings. The number of benzene rings is 2. The van der Waals surface area contributed by atoms with E-state index in [-0.39, 0.29) is 88.8 Å². The fraction of sp³-hybridized carbons (Fsp3) is 0.545. The fourth-order valence-electron chi connectivity index (χ4n) is 9.11. The molecule has 0 radical (unpaired) electrons. The second-order valence-corrected chi connectivity index (χ2v) is 17.3. The monoisotopic (exact) mass is 856 g/mol. The third kappa shape index (κ3) is 11.0. The molecule has 0 aliphatic carbocycles. The number of carbonyl (C=O) groups is 2. The van der Waals surface area contributed by atoms with Gasteiger partial charge in [-0.05, 0) is 48.9 Å². The van der Waals surface area contributed by atoms with Crippen molar-refractivity contribution in [3.8, 4) is 12.1 Å². The maximum Gasteiger partial charge on any atom is 0.250 e. The van der Waals surface area contributed by atoms with Crippen LogP contribution in [0.3, 0.4) is 0 Å². The van der Waals surface area contributed by atoms with Gasteiger partial charge in [-0.15, -0.1) is 0 Å². The minimum absolute atomic E-state index is 0.0511. The van der Waals surface area contributed by atoms with Crippen LogP contribution in [0.25, 0.3) is 22.1 Å². The number of amides is 2. The number of piperidine rings is 4. The number of likely N-dealkylation sites (tertiary alicyclic amines) is 2. The lowest BCUT2D eigenvalue weighted by molar-refractivity contribution is -0.125. The largest absolute Gasteiger partial charge is 0.367 e. The SMILES string of the molecule is C[C@H]1C[C@@H](NC(=O)CN2CCC(F)(F)CC2)CN(c2ccc(C#N)c3nccnc23)C1.C[C@H]1C[C@@H](NC(=O)CN2CCC(F)(F)CC2)CN(c2ccc(C#N)c3nccnc23)C1. The highest BCUT2D eigenvalue weighted by Crippen LogP contribution is 2.33. The molecule has 4 saturated heterocycles. The van der Waals surface area contributed by atoms with E-state index in [1.54, 1.807) is 46.7 Å². The van der Waals surface area contributed by atoms with Gasteiger partial charge in [-0.3, -0.25) is 39.3 Å². The van der Waals surface area contributed by atoms with Crippen molar-refractivity contribution in [3.63, 3.8) is 0 Å². The lowest BCUT2D eigenvalue weighted by atomic mass is 9.95. The maximum atomic E-state index is 13.3. The topological polar surface area (TPSA) is 170 Å². The van der Waals surface area contributed by atoms with Crippen LogP contribution in [0.4, 0.5) is 28.9 Å². The molecule has 14 nitrogen and oxygen atoms in total. The van der Waals surface area contributed by atoms with Crippen LogP contribution >= 0.6 is 0 Å². The van der Waals surface area contributed by atoms with E-state index in [2.05, 4.69) is 66.4 Å². The van der Waals surface area contributed by atoms with E-state index in [1.165, 1.54) is 0 Å². The summed E-state index contributed by atoms with van der Waals surface area (Å²) in [5.41, 5.74) is 5.25. The van der Waals surface area contributed by atoms with Crippen LogP contribution < -0.4 is 20.4 Å². The zero-order valence-corrected chi connectivity index (χ0v) is 35.0. The molecule has 4 aromatic rings. The Hall–Kier alpha value is -5.72. The Labute approximate surface area is 358 Å². The highest BCUT2D eigenvalue weighted by atomic mass is 19.3. The average molecular weight is 857 g/mol. The number of nitrogens with zero attached hydrogens (tertiary/aromatic N) is 10. The molecule has 4 atom stereocenters. The number of fused-ring (bicyclic) bond motifs is 2. The first-order valence-electron chi connectivity index (χ1n) is 21.3. The Morgan fingerprint density at radius 1 is 0.613 bits per heavy atom. The van der Waals surface area contributed by atoms with Gasteiger partial charge in [0.2, 0.25) is 11.8 Å². The molecule has 2 aromatic heterocycles. The Kier molecular flexibility index (Phi) is 13.7. The minimum atomic E-state index is -2.61. The number of nitriles is 2. The molecule has 0 unspecified atom stereocenters. The van der Waals surface area contributed by atoms with E-state index in [0.717, 1.165) is 37.3 Å². The molecule has 2 amide bonds. The third-order valence-corrected chi connectivity index (χ3v) is 12.1. The van der Waals surface area contributed by atoms with Crippen molar-refractivity contribution in [3.05, 3.63) is 60.2 Å². The van der Waals surface area contributed by atoms with Crippen LogP contribution in [-0.4, -0.2) is 131 Å². The minimum Gasteiger partial charge on any atom is -0.367 e. The van der Waals surface area contributed by atoms with Crippen molar-refractivity contribution >= 4 is 45.3 Å². The van der Waals surface area contributed by atoms with Gasteiger partial charge in [-0.2, -0.15) is 10.5 Å². The van der Waals surface area contributed by atoms with Crippen LogP contribution in [0.2, 0.25) is 0 Å². The molecule has 0 spiro atoms. The second-order valence-electron chi connectivity index (χ2n) is 17.3. The fourth-order valence-corrected chi connectivity index (χ4v) is 9.11. The van der Waals surface area contributed by atoms with Crippen LogP contribution in [0.15, 0.2) is 49.1 Å². The van der Waals surface area contributed by atoms with Gasteiger partial charge in [-0.1, -0.05) is 13.8 Å². The van der Waals surface area contributed by atoms with E-state index in [0.29, 0.717) is 58.1 Å². The van der Waals surface area contributed by atoms with Crippen LogP contribution in [0.5, 0.6) is 0 Å². The Bertz CT molecular complexity index is 2160. The standard InChI is InChI=1S/2C22H26F2N6O/c2*1-15-10-17(28-19(31)14-29-8-4-22(23,24)5-9-29)13-30(12-15)18-3-2-16(11-25)20-21(18)27-7-6-26-20/h2*2-3,6-7,15,17H,4-5,8-10,12-14H2,1H3,(H,28,31)/t2*15-,17+/m00/s1. The number of halogens is 4.